The molecule has 0 bridgehead atoms. The van der Waals surface area contributed by atoms with Gasteiger partial charge in [-0.3, -0.25) is 4.79 Å². The van der Waals surface area contributed by atoms with Gasteiger partial charge in [-0.25, -0.2) is 4.98 Å². The molecule has 2 aromatic rings. The zero-order valence-corrected chi connectivity index (χ0v) is 15.2. The molecule has 0 aliphatic heterocycles. The molecule has 1 amide bonds. The maximum Gasteiger partial charge on any atom is 0.225 e. The maximum absolute atomic E-state index is 11.0. The van der Waals surface area contributed by atoms with E-state index >= 15 is 0 Å². The average molecular weight is 341 g/mol. The van der Waals surface area contributed by atoms with E-state index < -0.39 is 0 Å². The van der Waals surface area contributed by atoms with Crippen LogP contribution in [-0.2, 0) is 4.79 Å². The monoisotopic (exact) mass is 341 g/mol. The first-order chi connectivity index (χ1) is 12.0. The van der Waals surface area contributed by atoms with Crippen LogP contribution in [-0.4, -0.2) is 42.6 Å². The highest BCUT2D eigenvalue weighted by molar-refractivity contribution is 5.90. The summed E-state index contributed by atoms with van der Waals surface area (Å²) in [7, 11) is 4.01. The predicted molar refractivity (Wildman–Crippen MR) is 102 cm³/mol. The molecule has 0 atom stereocenters. The number of fused-ring (bicyclic) bond motifs is 1. The Kier molecular flexibility index (Phi) is 5.36. The van der Waals surface area contributed by atoms with Crippen molar-refractivity contribution in [3.05, 3.63) is 24.3 Å². The minimum absolute atomic E-state index is 0.0565. The zero-order chi connectivity index (χ0) is 17.8. The molecular formula is C19H27N5O. The van der Waals surface area contributed by atoms with Crippen molar-refractivity contribution in [3.63, 3.8) is 0 Å². The fourth-order valence-electron chi connectivity index (χ4n) is 3.45. The summed E-state index contributed by atoms with van der Waals surface area (Å²) in [5.74, 6) is 2.28. The number of anilines is 2. The first kappa shape index (κ1) is 17.5. The number of benzene rings is 1. The van der Waals surface area contributed by atoms with Crippen LogP contribution < -0.4 is 15.5 Å². The summed E-state index contributed by atoms with van der Waals surface area (Å²) in [6.07, 6.45) is 4.40. The van der Waals surface area contributed by atoms with Gasteiger partial charge in [0.05, 0.1) is 5.52 Å². The minimum atomic E-state index is 0.0565. The second kappa shape index (κ2) is 7.68. The summed E-state index contributed by atoms with van der Waals surface area (Å²) in [4.78, 5) is 22.5. The van der Waals surface area contributed by atoms with E-state index in [1.165, 1.54) is 0 Å². The van der Waals surface area contributed by atoms with E-state index in [2.05, 4.69) is 21.7 Å². The van der Waals surface area contributed by atoms with Gasteiger partial charge < -0.3 is 15.5 Å². The highest BCUT2D eigenvalue weighted by atomic mass is 16.1. The molecule has 6 heteroatoms. The molecule has 134 valence electrons. The summed E-state index contributed by atoms with van der Waals surface area (Å²) >= 11 is 0. The highest BCUT2D eigenvalue weighted by Crippen LogP contribution is 2.28. The number of para-hydroxylation sites is 1. The lowest BCUT2D eigenvalue weighted by Crippen LogP contribution is -2.33. The minimum Gasteiger partial charge on any atom is -0.362 e. The largest absolute Gasteiger partial charge is 0.362 e. The Morgan fingerprint density at radius 3 is 2.56 bits per heavy atom. The standard InChI is InChI=1S/C19H27N5O/c1-13(25)20-12-14-8-10-15(11-9-14)21-19-22-17-7-5-4-6-16(17)18(23-19)24(2)3/h4-7,14-15H,8-12H2,1-3H3,(H,20,25)(H,21,22,23). The van der Waals surface area contributed by atoms with Gasteiger partial charge in [-0.05, 0) is 43.7 Å². The van der Waals surface area contributed by atoms with Gasteiger partial charge in [-0.15, -0.1) is 0 Å². The summed E-state index contributed by atoms with van der Waals surface area (Å²) in [5, 5.41) is 7.51. The van der Waals surface area contributed by atoms with E-state index in [4.69, 9.17) is 4.98 Å². The number of rotatable bonds is 5. The molecule has 1 aromatic carbocycles. The second-order valence-corrected chi connectivity index (χ2v) is 7.08. The normalized spacial score (nSPS) is 20.3. The third kappa shape index (κ3) is 4.38. The first-order valence-electron chi connectivity index (χ1n) is 8.98. The van der Waals surface area contributed by atoms with E-state index in [-0.39, 0.29) is 5.91 Å². The van der Waals surface area contributed by atoms with Gasteiger partial charge in [0, 0.05) is 39.0 Å². The molecular weight excluding hydrogens is 314 g/mol. The third-order valence-corrected chi connectivity index (χ3v) is 4.83. The van der Waals surface area contributed by atoms with Gasteiger partial charge in [0.15, 0.2) is 0 Å². The van der Waals surface area contributed by atoms with Gasteiger partial charge in [-0.1, -0.05) is 12.1 Å². The Balaban J connectivity index is 1.67. The number of carbonyl (C=O) groups excluding carboxylic acids is 1. The van der Waals surface area contributed by atoms with Crippen molar-refractivity contribution in [1.29, 1.82) is 0 Å². The van der Waals surface area contributed by atoms with Crippen LogP contribution in [0.15, 0.2) is 24.3 Å². The number of hydrogen-bond acceptors (Lipinski definition) is 5. The highest BCUT2D eigenvalue weighted by Gasteiger charge is 2.22. The summed E-state index contributed by atoms with van der Waals surface area (Å²) in [5.41, 5.74) is 0.961. The molecule has 2 N–H and O–H groups in total. The molecule has 25 heavy (non-hydrogen) atoms. The fourth-order valence-corrected chi connectivity index (χ4v) is 3.45. The van der Waals surface area contributed by atoms with Crippen molar-refractivity contribution in [3.8, 4) is 0 Å². The van der Waals surface area contributed by atoms with Gasteiger partial charge in [0.2, 0.25) is 11.9 Å². The van der Waals surface area contributed by atoms with Crippen molar-refractivity contribution < 1.29 is 4.79 Å². The van der Waals surface area contributed by atoms with Gasteiger partial charge >= 0.3 is 0 Å². The van der Waals surface area contributed by atoms with Crippen LogP contribution >= 0.6 is 0 Å². The lowest BCUT2D eigenvalue weighted by Gasteiger charge is -2.29. The van der Waals surface area contributed by atoms with Crippen LogP contribution in [0, 0.1) is 5.92 Å². The first-order valence-corrected chi connectivity index (χ1v) is 8.98. The Hall–Kier alpha value is -2.37. The molecule has 1 fully saturated rings. The van der Waals surface area contributed by atoms with Crippen molar-refractivity contribution in [2.75, 3.05) is 30.9 Å². The van der Waals surface area contributed by atoms with Crippen LogP contribution in [0.4, 0.5) is 11.8 Å². The number of nitrogens with zero attached hydrogens (tertiary/aromatic N) is 3. The molecule has 1 saturated carbocycles. The van der Waals surface area contributed by atoms with Crippen LogP contribution in [0.1, 0.15) is 32.6 Å². The average Bonchev–Trinajstić information content (AvgIpc) is 2.60. The van der Waals surface area contributed by atoms with Gasteiger partial charge in [0.1, 0.15) is 5.82 Å². The van der Waals surface area contributed by atoms with Gasteiger partial charge in [0.25, 0.3) is 0 Å². The van der Waals surface area contributed by atoms with Crippen LogP contribution in [0.2, 0.25) is 0 Å². The van der Waals surface area contributed by atoms with E-state index in [1.54, 1.807) is 6.92 Å². The van der Waals surface area contributed by atoms with E-state index in [0.29, 0.717) is 17.9 Å². The van der Waals surface area contributed by atoms with Crippen LogP contribution in [0.3, 0.4) is 0 Å². The number of amides is 1. The summed E-state index contributed by atoms with van der Waals surface area (Å²) in [6, 6.07) is 8.50. The molecule has 6 nitrogen and oxygen atoms in total. The molecule has 1 aromatic heterocycles. The fraction of sp³-hybridized carbons (Fsp3) is 0.526. The number of nitrogens with one attached hydrogen (secondary N) is 2. The summed E-state index contributed by atoms with van der Waals surface area (Å²) < 4.78 is 0. The second-order valence-electron chi connectivity index (χ2n) is 7.08. The predicted octanol–water partition coefficient (Wildman–Crippen LogP) is 2.80. The lowest BCUT2D eigenvalue weighted by molar-refractivity contribution is -0.119. The smallest absolute Gasteiger partial charge is 0.225 e. The van der Waals surface area contributed by atoms with E-state index in [0.717, 1.165) is 48.9 Å². The summed E-state index contributed by atoms with van der Waals surface area (Å²) in [6.45, 7) is 2.37. The van der Waals surface area contributed by atoms with Crippen molar-refractivity contribution >= 4 is 28.6 Å². The van der Waals surface area contributed by atoms with Crippen molar-refractivity contribution in [2.45, 2.75) is 38.6 Å². The molecule has 1 aliphatic carbocycles. The topological polar surface area (TPSA) is 70.2 Å². The van der Waals surface area contributed by atoms with E-state index in [1.807, 2.05) is 37.2 Å². The van der Waals surface area contributed by atoms with Gasteiger partial charge in [-0.2, -0.15) is 4.98 Å². The molecule has 0 saturated heterocycles. The number of aromatic nitrogens is 2. The van der Waals surface area contributed by atoms with Crippen LogP contribution in [0.5, 0.6) is 0 Å². The number of carbonyl (C=O) groups is 1. The Bertz CT molecular complexity index is 738. The Morgan fingerprint density at radius 2 is 1.88 bits per heavy atom. The number of hydrogen-bond donors (Lipinski definition) is 2. The molecule has 0 radical (unpaired) electrons. The van der Waals surface area contributed by atoms with Crippen molar-refractivity contribution in [2.24, 2.45) is 5.92 Å². The molecule has 1 heterocycles. The Labute approximate surface area is 149 Å². The molecule has 1 aliphatic rings. The van der Waals surface area contributed by atoms with Crippen LogP contribution in [0.25, 0.3) is 10.9 Å². The molecule has 0 spiro atoms. The third-order valence-electron chi connectivity index (χ3n) is 4.83. The quantitative estimate of drug-likeness (QED) is 0.875. The maximum atomic E-state index is 11.0. The lowest BCUT2D eigenvalue weighted by atomic mass is 9.86. The van der Waals surface area contributed by atoms with Crippen molar-refractivity contribution in [1.82, 2.24) is 15.3 Å². The zero-order valence-electron chi connectivity index (χ0n) is 15.2. The Morgan fingerprint density at radius 1 is 1.16 bits per heavy atom. The molecule has 3 rings (SSSR count). The SMILES string of the molecule is CC(=O)NCC1CCC(Nc2nc(N(C)C)c3ccccc3n2)CC1. The molecule has 0 unspecified atom stereocenters. The van der Waals surface area contributed by atoms with E-state index in [9.17, 15) is 4.79 Å².